The Hall–Kier alpha value is -0.510. The topological polar surface area (TPSA) is 29.5 Å². The summed E-state index contributed by atoms with van der Waals surface area (Å²) in [5.74, 6) is 1.65. The summed E-state index contributed by atoms with van der Waals surface area (Å²) in [6, 6.07) is 10.1. The molecule has 0 bridgehead atoms. The fourth-order valence-corrected chi connectivity index (χ4v) is 4.10. The lowest BCUT2D eigenvalue weighted by Gasteiger charge is -2.26. The van der Waals surface area contributed by atoms with E-state index in [9.17, 15) is 5.11 Å². The van der Waals surface area contributed by atoms with E-state index >= 15 is 0 Å². The molecule has 112 valence electrons. The van der Waals surface area contributed by atoms with Crippen LogP contribution in [0.4, 0.5) is 0 Å². The molecule has 20 heavy (non-hydrogen) atoms. The standard InChI is InChI=1S/C17H26O2S/c1-14-6-5-9-17(10-14)20-13-16(18)12-19-11-15-7-3-2-4-8-15/h2-4,7-8,14,16-18H,5-6,9-13H2,1H3. The van der Waals surface area contributed by atoms with E-state index in [1.165, 1.54) is 25.7 Å². The first-order chi connectivity index (χ1) is 9.74. The molecule has 1 aromatic rings. The number of rotatable bonds is 7. The second kappa shape index (κ2) is 8.71. The van der Waals surface area contributed by atoms with Crippen LogP contribution >= 0.6 is 11.8 Å². The average molecular weight is 294 g/mol. The van der Waals surface area contributed by atoms with Crippen molar-refractivity contribution in [2.24, 2.45) is 5.92 Å². The summed E-state index contributed by atoms with van der Waals surface area (Å²) in [5.41, 5.74) is 1.16. The maximum absolute atomic E-state index is 9.98. The minimum atomic E-state index is -0.346. The Morgan fingerprint density at radius 2 is 2.10 bits per heavy atom. The molecule has 2 rings (SSSR count). The summed E-state index contributed by atoms with van der Waals surface area (Å²) in [5, 5.41) is 10.7. The maximum atomic E-state index is 9.98. The van der Waals surface area contributed by atoms with Gasteiger partial charge in [-0.05, 0) is 24.3 Å². The highest BCUT2D eigenvalue weighted by Gasteiger charge is 2.20. The first kappa shape index (κ1) is 15.9. The second-order valence-corrected chi connectivity index (χ2v) is 7.22. The van der Waals surface area contributed by atoms with Gasteiger partial charge in [0.15, 0.2) is 0 Å². The first-order valence-corrected chi connectivity index (χ1v) is 8.70. The van der Waals surface area contributed by atoms with E-state index < -0.39 is 0 Å². The summed E-state index contributed by atoms with van der Waals surface area (Å²) >= 11 is 1.93. The van der Waals surface area contributed by atoms with Crippen molar-refractivity contribution in [3.63, 3.8) is 0 Å². The monoisotopic (exact) mass is 294 g/mol. The lowest BCUT2D eigenvalue weighted by atomic mass is 9.91. The van der Waals surface area contributed by atoms with E-state index in [0.717, 1.165) is 22.5 Å². The molecule has 0 spiro atoms. The normalized spacial score (nSPS) is 24.5. The van der Waals surface area contributed by atoms with Crippen LogP contribution < -0.4 is 0 Å². The molecular formula is C17H26O2S. The zero-order chi connectivity index (χ0) is 14.2. The van der Waals surface area contributed by atoms with E-state index in [0.29, 0.717) is 13.2 Å². The third-order valence-electron chi connectivity index (χ3n) is 3.83. The van der Waals surface area contributed by atoms with Gasteiger partial charge in [-0.1, -0.05) is 50.1 Å². The second-order valence-electron chi connectivity index (χ2n) is 5.88. The van der Waals surface area contributed by atoms with Gasteiger partial charge < -0.3 is 9.84 Å². The molecule has 0 aliphatic heterocycles. The zero-order valence-electron chi connectivity index (χ0n) is 12.3. The molecule has 3 heteroatoms. The molecule has 0 radical (unpaired) electrons. The molecule has 0 aromatic heterocycles. The highest BCUT2D eigenvalue weighted by Crippen LogP contribution is 2.32. The van der Waals surface area contributed by atoms with Crippen LogP contribution in [0.25, 0.3) is 0 Å². The smallest absolute Gasteiger partial charge is 0.0864 e. The van der Waals surface area contributed by atoms with Crippen molar-refractivity contribution in [1.82, 2.24) is 0 Å². The molecule has 1 saturated carbocycles. The van der Waals surface area contributed by atoms with Gasteiger partial charge in [0.1, 0.15) is 0 Å². The van der Waals surface area contributed by atoms with Crippen LogP contribution in [0.15, 0.2) is 30.3 Å². The average Bonchev–Trinajstić information content (AvgIpc) is 2.46. The van der Waals surface area contributed by atoms with Gasteiger partial charge in [0, 0.05) is 11.0 Å². The molecule has 0 saturated heterocycles. The number of aliphatic hydroxyl groups excluding tert-OH is 1. The van der Waals surface area contributed by atoms with Crippen LogP contribution in [0, 0.1) is 5.92 Å². The minimum absolute atomic E-state index is 0.346. The van der Waals surface area contributed by atoms with Crippen LogP contribution in [0.5, 0.6) is 0 Å². The van der Waals surface area contributed by atoms with E-state index in [1.807, 2.05) is 42.1 Å². The minimum Gasteiger partial charge on any atom is -0.390 e. The lowest BCUT2D eigenvalue weighted by molar-refractivity contribution is 0.0397. The van der Waals surface area contributed by atoms with Crippen molar-refractivity contribution in [3.8, 4) is 0 Å². The van der Waals surface area contributed by atoms with Gasteiger partial charge in [0.2, 0.25) is 0 Å². The van der Waals surface area contributed by atoms with Crippen molar-refractivity contribution in [2.75, 3.05) is 12.4 Å². The highest BCUT2D eigenvalue weighted by molar-refractivity contribution is 7.99. The van der Waals surface area contributed by atoms with Gasteiger partial charge in [-0.25, -0.2) is 0 Å². The number of hydrogen-bond donors (Lipinski definition) is 1. The predicted molar refractivity (Wildman–Crippen MR) is 86.0 cm³/mol. The van der Waals surface area contributed by atoms with Crippen molar-refractivity contribution in [2.45, 2.75) is 50.6 Å². The van der Waals surface area contributed by atoms with Crippen molar-refractivity contribution in [3.05, 3.63) is 35.9 Å². The molecule has 3 unspecified atom stereocenters. The molecule has 3 atom stereocenters. The SMILES string of the molecule is CC1CCCC(SCC(O)COCc2ccccc2)C1. The summed E-state index contributed by atoms with van der Waals surface area (Å²) in [6.07, 6.45) is 5.00. The van der Waals surface area contributed by atoms with E-state index in [2.05, 4.69) is 6.92 Å². The largest absolute Gasteiger partial charge is 0.390 e. The summed E-state index contributed by atoms with van der Waals surface area (Å²) in [4.78, 5) is 0. The highest BCUT2D eigenvalue weighted by atomic mass is 32.2. The van der Waals surface area contributed by atoms with Gasteiger partial charge >= 0.3 is 0 Å². The Labute approximate surface area is 126 Å². The lowest BCUT2D eigenvalue weighted by Crippen LogP contribution is -2.22. The van der Waals surface area contributed by atoms with Crippen LogP contribution in [0.2, 0.25) is 0 Å². The number of thioether (sulfide) groups is 1. The third kappa shape index (κ3) is 5.86. The molecule has 1 aliphatic carbocycles. The molecule has 2 nitrogen and oxygen atoms in total. The Morgan fingerprint density at radius 3 is 2.85 bits per heavy atom. The predicted octanol–water partition coefficient (Wildman–Crippen LogP) is 3.88. The van der Waals surface area contributed by atoms with E-state index in [-0.39, 0.29) is 6.10 Å². The summed E-state index contributed by atoms with van der Waals surface area (Å²) in [6.45, 7) is 3.36. The fourth-order valence-electron chi connectivity index (χ4n) is 2.71. The van der Waals surface area contributed by atoms with Crippen LogP contribution in [-0.4, -0.2) is 28.8 Å². The quantitative estimate of drug-likeness (QED) is 0.827. The molecule has 0 heterocycles. The van der Waals surface area contributed by atoms with Crippen LogP contribution in [-0.2, 0) is 11.3 Å². The van der Waals surface area contributed by atoms with E-state index in [1.54, 1.807) is 0 Å². The molecule has 0 amide bonds. The third-order valence-corrected chi connectivity index (χ3v) is 5.31. The van der Waals surface area contributed by atoms with Gasteiger partial charge in [-0.2, -0.15) is 11.8 Å². The van der Waals surface area contributed by atoms with Gasteiger partial charge in [0.05, 0.1) is 19.3 Å². The molecule has 1 N–H and O–H groups in total. The van der Waals surface area contributed by atoms with Gasteiger partial charge in [0.25, 0.3) is 0 Å². The Balaban J connectivity index is 1.57. The van der Waals surface area contributed by atoms with E-state index in [4.69, 9.17) is 4.74 Å². The Kier molecular flexibility index (Phi) is 6.91. The number of benzene rings is 1. The molecular weight excluding hydrogens is 268 g/mol. The maximum Gasteiger partial charge on any atom is 0.0864 e. The molecule has 1 fully saturated rings. The Morgan fingerprint density at radius 1 is 1.30 bits per heavy atom. The molecule has 1 aromatic carbocycles. The van der Waals surface area contributed by atoms with Crippen molar-refractivity contribution >= 4 is 11.8 Å². The van der Waals surface area contributed by atoms with Crippen LogP contribution in [0.1, 0.15) is 38.2 Å². The first-order valence-electron chi connectivity index (χ1n) is 7.65. The summed E-state index contributed by atoms with van der Waals surface area (Å²) in [7, 11) is 0. The van der Waals surface area contributed by atoms with Gasteiger partial charge in [-0.15, -0.1) is 0 Å². The number of ether oxygens (including phenoxy) is 1. The van der Waals surface area contributed by atoms with Crippen molar-refractivity contribution in [1.29, 1.82) is 0 Å². The van der Waals surface area contributed by atoms with Gasteiger partial charge in [-0.3, -0.25) is 0 Å². The number of hydrogen-bond acceptors (Lipinski definition) is 3. The number of aliphatic hydroxyl groups is 1. The summed E-state index contributed by atoms with van der Waals surface area (Å²) < 4.78 is 5.58. The van der Waals surface area contributed by atoms with Crippen molar-refractivity contribution < 1.29 is 9.84 Å². The fraction of sp³-hybridized carbons (Fsp3) is 0.647. The molecule has 1 aliphatic rings. The Bertz CT molecular complexity index is 369. The van der Waals surface area contributed by atoms with Crippen LogP contribution in [0.3, 0.4) is 0 Å². The zero-order valence-corrected chi connectivity index (χ0v) is 13.1.